The molecule has 0 saturated carbocycles. The number of nitrogens with one attached hydrogen (secondary N) is 1. The van der Waals surface area contributed by atoms with Crippen molar-refractivity contribution in [1.29, 1.82) is 0 Å². The Kier molecular flexibility index (Phi) is 5.52. The molecule has 0 aliphatic rings. The fourth-order valence-electron chi connectivity index (χ4n) is 1.80. The predicted molar refractivity (Wildman–Crippen MR) is 83.7 cm³/mol. The average Bonchev–Trinajstić information content (AvgIpc) is 2.53. The number of carbonyl (C=O) groups is 1. The Hall–Kier alpha value is -2.62. The van der Waals surface area contributed by atoms with Crippen molar-refractivity contribution >= 4 is 12.1 Å². The molecule has 1 N–H and O–H groups in total. The van der Waals surface area contributed by atoms with Gasteiger partial charge in [0.1, 0.15) is 5.75 Å². The van der Waals surface area contributed by atoms with Gasteiger partial charge in [-0.3, -0.25) is 4.79 Å². The highest BCUT2D eigenvalue weighted by molar-refractivity contribution is 5.94. The summed E-state index contributed by atoms with van der Waals surface area (Å²) in [6.07, 6.45) is 2.37. The molecule has 0 fully saturated rings. The Bertz CT molecular complexity index is 592. The van der Waals surface area contributed by atoms with Crippen molar-refractivity contribution in [2.75, 3.05) is 6.61 Å². The molecule has 4 nitrogen and oxygen atoms in total. The molecule has 0 aromatic heterocycles. The first-order valence-corrected chi connectivity index (χ1v) is 6.88. The first-order valence-electron chi connectivity index (χ1n) is 6.88. The van der Waals surface area contributed by atoms with E-state index in [1.165, 1.54) is 0 Å². The van der Waals surface area contributed by atoms with Gasteiger partial charge < -0.3 is 4.74 Å². The largest absolute Gasteiger partial charge is 0.494 e. The van der Waals surface area contributed by atoms with E-state index in [0.717, 1.165) is 11.3 Å². The smallest absolute Gasteiger partial charge is 0.271 e. The Labute approximate surface area is 124 Å². The maximum Gasteiger partial charge on any atom is 0.271 e. The van der Waals surface area contributed by atoms with Crippen molar-refractivity contribution in [3.05, 3.63) is 65.7 Å². The van der Waals surface area contributed by atoms with Crippen LogP contribution in [0, 0.1) is 0 Å². The quantitative estimate of drug-likeness (QED) is 0.654. The second-order valence-electron chi connectivity index (χ2n) is 4.40. The van der Waals surface area contributed by atoms with Crippen molar-refractivity contribution < 1.29 is 9.53 Å². The Morgan fingerprint density at radius 1 is 1.14 bits per heavy atom. The number of benzene rings is 2. The van der Waals surface area contributed by atoms with Gasteiger partial charge in [-0.05, 0) is 36.8 Å². The summed E-state index contributed by atoms with van der Waals surface area (Å²) in [6.45, 7) is 2.53. The van der Waals surface area contributed by atoms with Crippen LogP contribution in [-0.4, -0.2) is 18.7 Å². The summed E-state index contributed by atoms with van der Waals surface area (Å²) in [7, 11) is 0. The van der Waals surface area contributed by atoms with Gasteiger partial charge in [-0.1, -0.05) is 30.3 Å². The number of amides is 1. The van der Waals surface area contributed by atoms with Crippen LogP contribution < -0.4 is 10.2 Å². The Morgan fingerprint density at radius 3 is 2.52 bits per heavy atom. The average molecular weight is 282 g/mol. The number of hydrogen-bond donors (Lipinski definition) is 1. The van der Waals surface area contributed by atoms with Crippen molar-refractivity contribution in [2.24, 2.45) is 5.10 Å². The molecular weight excluding hydrogens is 264 g/mol. The van der Waals surface area contributed by atoms with Gasteiger partial charge in [-0.2, -0.15) is 5.10 Å². The normalized spacial score (nSPS) is 10.5. The van der Waals surface area contributed by atoms with Gasteiger partial charge in [0.2, 0.25) is 0 Å². The zero-order valence-corrected chi connectivity index (χ0v) is 12.0. The lowest BCUT2D eigenvalue weighted by atomic mass is 10.2. The Morgan fingerprint density at radius 2 is 1.86 bits per heavy atom. The van der Waals surface area contributed by atoms with Crippen LogP contribution in [-0.2, 0) is 6.42 Å². The standard InChI is InChI=1S/C17H18N2O2/c1-2-21-16-10-8-15(9-11-16)17(20)19-18-13-12-14-6-4-3-5-7-14/h3-11,13H,2,12H2,1H3,(H,19,20)/b18-13+. The van der Waals surface area contributed by atoms with E-state index in [1.807, 2.05) is 37.3 Å². The number of hydrazone groups is 1. The molecule has 108 valence electrons. The van der Waals surface area contributed by atoms with Gasteiger partial charge in [0.25, 0.3) is 5.91 Å². The van der Waals surface area contributed by atoms with Gasteiger partial charge in [0, 0.05) is 18.2 Å². The molecule has 0 saturated heterocycles. The van der Waals surface area contributed by atoms with Crippen molar-refractivity contribution in [1.82, 2.24) is 5.43 Å². The molecule has 0 heterocycles. The minimum absolute atomic E-state index is 0.234. The summed E-state index contributed by atoms with van der Waals surface area (Å²) in [5, 5.41) is 3.95. The third-order valence-electron chi connectivity index (χ3n) is 2.85. The molecule has 0 bridgehead atoms. The minimum atomic E-state index is -0.234. The van der Waals surface area contributed by atoms with Crippen molar-refractivity contribution in [3.63, 3.8) is 0 Å². The topological polar surface area (TPSA) is 50.7 Å². The highest BCUT2D eigenvalue weighted by atomic mass is 16.5. The van der Waals surface area contributed by atoms with E-state index in [-0.39, 0.29) is 5.91 Å². The molecule has 0 atom stereocenters. The van der Waals surface area contributed by atoms with E-state index in [9.17, 15) is 4.79 Å². The molecule has 2 aromatic carbocycles. The highest BCUT2D eigenvalue weighted by Gasteiger charge is 2.03. The third-order valence-corrected chi connectivity index (χ3v) is 2.85. The van der Waals surface area contributed by atoms with Crippen LogP contribution in [0.5, 0.6) is 5.75 Å². The minimum Gasteiger partial charge on any atom is -0.494 e. The first kappa shape index (κ1) is 14.8. The molecule has 2 rings (SSSR count). The number of rotatable bonds is 6. The molecular formula is C17H18N2O2. The van der Waals surface area contributed by atoms with Crippen LogP contribution in [0.1, 0.15) is 22.8 Å². The van der Waals surface area contributed by atoms with Gasteiger partial charge in [0.05, 0.1) is 6.61 Å². The lowest BCUT2D eigenvalue weighted by molar-refractivity contribution is 0.0955. The first-order chi connectivity index (χ1) is 10.3. The summed E-state index contributed by atoms with van der Waals surface area (Å²) in [5.74, 6) is 0.518. The van der Waals surface area contributed by atoms with Gasteiger partial charge in [0.15, 0.2) is 0 Å². The molecule has 0 spiro atoms. The SMILES string of the molecule is CCOc1ccc(C(=O)N/N=C/Cc2ccccc2)cc1. The molecule has 0 radical (unpaired) electrons. The summed E-state index contributed by atoms with van der Waals surface area (Å²) in [5.41, 5.74) is 4.21. The third kappa shape index (κ3) is 4.76. The van der Waals surface area contributed by atoms with E-state index in [1.54, 1.807) is 30.5 Å². The Balaban J connectivity index is 1.83. The van der Waals surface area contributed by atoms with E-state index >= 15 is 0 Å². The molecule has 2 aromatic rings. The summed E-state index contributed by atoms with van der Waals surface area (Å²) in [4.78, 5) is 11.9. The van der Waals surface area contributed by atoms with Crippen LogP contribution in [0.25, 0.3) is 0 Å². The molecule has 0 unspecified atom stereocenters. The van der Waals surface area contributed by atoms with Crippen molar-refractivity contribution in [2.45, 2.75) is 13.3 Å². The lowest BCUT2D eigenvalue weighted by Crippen LogP contribution is -2.17. The maximum absolute atomic E-state index is 11.9. The molecule has 4 heteroatoms. The molecule has 1 amide bonds. The van der Waals surface area contributed by atoms with Gasteiger partial charge in [-0.15, -0.1) is 0 Å². The summed E-state index contributed by atoms with van der Waals surface area (Å²) in [6, 6.07) is 16.9. The molecule has 0 aliphatic carbocycles. The van der Waals surface area contributed by atoms with Crippen LogP contribution in [0.15, 0.2) is 59.7 Å². The second kappa shape index (κ2) is 7.85. The summed E-state index contributed by atoms with van der Waals surface area (Å²) >= 11 is 0. The van der Waals surface area contributed by atoms with E-state index in [4.69, 9.17) is 4.74 Å². The molecule has 0 aliphatic heterocycles. The van der Waals surface area contributed by atoms with E-state index < -0.39 is 0 Å². The number of hydrogen-bond acceptors (Lipinski definition) is 3. The van der Waals surface area contributed by atoms with Gasteiger partial charge in [-0.25, -0.2) is 5.43 Å². The summed E-state index contributed by atoms with van der Waals surface area (Å²) < 4.78 is 5.33. The second-order valence-corrected chi connectivity index (χ2v) is 4.40. The van der Waals surface area contributed by atoms with E-state index in [2.05, 4.69) is 10.5 Å². The van der Waals surface area contributed by atoms with E-state index in [0.29, 0.717) is 18.6 Å². The monoisotopic (exact) mass is 282 g/mol. The van der Waals surface area contributed by atoms with Crippen LogP contribution in [0.3, 0.4) is 0 Å². The maximum atomic E-state index is 11.9. The van der Waals surface area contributed by atoms with Crippen LogP contribution in [0.2, 0.25) is 0 Å². The fourth-order valence-corrected chi connectivity index (χ4v) is 1.80. The lowest BCUT2D eigenvalue weighted by Gasteiger charge is -2.04. The zero-order chi connectivity index (χ0) is 14.9. The predicted octanol–water partition coefficient (Wildman–Crippen LogP) is 3.04. The number of ether oxygens (including phenoxy) is 1. The number of carbonyl (C=O) groups excluding carboxylic acids is 1. The fraction of sp³-hybridized carbons (Fsp3) is 0.176. The number of nitrogens with zero attached hydrogens (tertiary/aromatic N) is 1. The zero-order valence-electron chi connectivity index (χ0n) is 12.0. The van der Waals surface area contributed by atoms with Gasteiger partial charge >= 0.3 is 0 Å². The van der Waals surface area contributed by atoms with Crippen molar-refractivity contribution in [3.8, 4) is 5.75 Å². The van der Waals surface area contributed by atoms with Crippen LogP contribution >= 0.6 is 0 Å². The van der Waals surface area contributed by atoms with Crippen LogP contribution in [0.4, 0.5) is 0 Å². The highest BCUT2D eigenvalue weighted by Crippen LogP contribution is 2.11. The molecule has 21 heavy (non-hydrogen) atoms.